The quantitative estimate of drug-likeness (QED) is 0.853. The number of aromatic nitrogens is 2. The number of hydrogen-bond donors (Lipinski definition) is 2. The van der Waals surface area contributed by atoms with Crippen molar-refractivity contribution in [2.24, 2.45) is 0 Å². The molecule has 100 valence electrons. The normalized spacial score (nSPS) is 29.2. The van der Waals surface area contributed by atoms with Crippen LogP contribution in [0.25, 0.3) is 0 Å². The van der Waals surface area contributed by atoms with Crippen LogP contribution in [0.2, 0.25) is 0 Å². The van der Waals surface area contributed by atoms with E-state index in [0.29, 0.717) is 6.04 Å². The van der Waals surface area contributed by atoms with Crippen molar-refractivity contribution in [3.8, 4) is 0 Å². The van der Waals surface area contributed by atoms with Gasteiger partial charge >= 0.3 is 0 Å². The first kappa shape index (κ1) is 12.2. The maximum atomic E-state index is 9.60. The molecule has 1 aromatic heterocycles. The number of aliphatic hydroxyl groups excluding tert-OH is 1. The second-order valence-electron chi connectivity index (χ2n) is 5.87. The largest absolute Gasteiger partial charge is 0.394 e. The molecule has 18 heavy (non-hydrogen) atoms. The summed E-state index contributed by atoms with van der Waals surface area (Å²) in [6.45, 7) is 1.23. The fourth-order valence-electron chi connectivity index (χ4n) is 3.40. The van der Waals surface area contributed by atoms with Crippen molar-refractivity contribution in [2.75, 3.05) is 13.2 Å². The predicted molar refractivity (Wildman–Crippen MR) is 70.5 cm³/mol. The van der Waals surface area contributed by atoms with E-state index in [1.54, 1.807) is 0 Å². The Labute approximate surface area is 108 Å². The highest BCUT2D eigenvalue weighted by Gasteiger charge is 2.33. The summed E-state index contributed by atoms with van der Waals surface area (Å²) >= 11 is 0. The van der Waals surface area contributed by atoms with Crippen LogP contribution in [0.15, 0.2) is 12.3 Å². The minimum absolute atomic E-state index is 0.116. The van der Waals surface area contributed by atoms with Crippen molar-refractivity contribution in [1.29, 1.82) is 0 Å². The van der Waals surface area contributed by atoms with Crippen molar-refractivity contribution in [3.63, 3.8) is 0 Å². The molecule has 3 rings (SSSR count). The van der Waals surface area contributed by atoms with Gasteiger partial charge in [-0.3, -0.25) is 4.68 Å². The minimum atomic E-state index is -0.116. The van der Waals surface area contributed by atoms with Crippen molar-refractivity contribution >= 4 is 0 Å². The van der Waals surface area contributed by atoms with Gasteiger partial charge in [-0.25, -0.2) is 0 Å². The Morgan fingerprint density at radius 2 is 2.22 bits per heavy atom. The van der Waals surface area contributed by atoms with Crippen LogP contribution >= 0.6 is 0 Å². The molecular formula is C14H23N3O. The molecular weight excluding hydrogens is 226 g/mol. The Morgan fingerprint density at radius 3 is 2.89 bits per heavy atom. The summed E-state index contributed by atoms with van der Waals surface area (Å²) in [5.41, 5.74) is 1.000. The average Bonchev–Trinajstić information content (AvgIpc) is 3.10. The lowest BCUT2D eigenvalue weighted by Gasteiger charge is -2.26. The van der Waals surface area contributed by atoms with Crippen molar-refractivity contribution in [2.45, 2.75) is 56.5 Å². The molecule has 1 unspecified atom stereocenters. The van der Waals surface area contributed by atoms with Gasteiger partial charge in [0.25, 0.3) is 0 Å². The zero-order valence-corrected chi connectivity index (χ0v) is 10.9. The Balaban J connectivity index is 1.69. The molecule has 0 bridgehead atoms. The van der Waals surface area contributed by atoms with E-state index in [1.807, 2.05) is 0 Å². The van der Waals surface area contributed by atoms with Crippen LogP contribution in [0.4, 0.5) is 0 Å². The van der Waals surface area contributed by atoms with Gasteiger partial charge in [0.15, 0.2) is 0 Å². The molecule has 4 nitrogen and oxygen atoms in total. The molecule has 1 saturated heterocycles. The van der Waals surface area contributed by atoms with Gasteiger partial charge in [0.2, 0.25) is 0 Å². The second kappa shape index (κ2) is 5.02. The second-order valence-corrected chi connectivity index (χ2v) is 5.87. The third kappa shape index (κ3) is 2.31. The zero-order chi connectivity index (χ0) is 12.4. The summed E-state index contributed by atoms with van der Waals surface area (Å²) in [4.78, 5) is 0. The van der Waals surface area contributed by atoms with Crippen LogP contribution in [0, 0.1) is 0 Å². The van der Waals surface area contributed by atoms with Crippen molar-refractivity contribution < 1.29 is 5.11 Å². The number of rotatable bonds is 4. The molecule has 2 heterocycles. The number of nitrogens with zero attached hydrogens (tertiary/aromatic N) is 2. The summed E-state index contributed by atoms with van der Waals surface area (Å²) in [5.74, 6) is 0. The summed E-state index contributed by atoms with van der Waals surface area (Å²) in [6.07, 6.45) is 10.4. The molecule has 1 saturated carbocycles. The highest BCUT2D eigenvalue weighted by atomic mass is 16.3. The molecule has 0 aromatic carbocycles. The molecule has 2 aliphatic rings. The highest BCUT2D eigenvalue weighted by molar-refractivity contribution is 5.08. The summed E-state index contributed by atoms with van der Waals surface area (Å²) in [7, 11) is 0. The molecule has 1 aliphatic heterocycles. The third-order valence-electron chi connectivity index (χ3n) is 4.52. The van der Waals surface area contributed by atoms with Gasteiger partial charge in [0, 0.05) is 18.2 Å². The van der Waals surface area contributed by atoms with Gasteiger partial charge in [-0.05, 0) is 38.3 Å². The molecule has 0 radical (unpaired) electrons. The lowest BCUT2D eigenvalue weighted by molar-refractivity contribution is 0.176. The number of hydrogen-bond acceptors (Lipinski definition) is 3. The molecule has 2 fully saturated rings. The SMILES string of the molecule is OCC1(Cc2ccn(C3CCCC3)n2)CCCN1. The van der Waals surface area contributed by atoms with E-state index < -0.39 is 0 Å². The number of aliphatic hydroxyl groups is 1. The monoisotopic (exact) mass is 249 g/mol. The Kier molecular flexibility index (Phi) is 3.39. The molecule has 4 heteroatoms. The highest BCUT2D eigenvalue weighted by Crippen LogP contribution is 2.29. The molecule has 0 spiro atoms. The molecule has 1 aromatic rings. The molecule has 1 aliphatic carbocycles. The first-order chi connectivity index (χ1) is 8.81. The van der Waals surface area contributed by atoms with Crippen LogP contribution < -0.4 is 5.32 Å². The van der Waals surface area contributed by atoms with E-state index in [0.717, 1.165) is 31.5 Å². The molecule has 1 atom stereocenters. The van der Waals surface area contributed by atoms with E-state index in [1.165, 1.54) is 25.7 Å². The van der Waals surface area contributed by atoms with Gasteiger partial charge in [-0.1, -0.05) is 12.8 Å². The third-order valence-corrected chi connectivity index (χ3v) is 4.52. The minimum Gasteiger partial charge on any atom is -0.394 e. The fourth-order valence-corrected chi connectivity index (χ4v) is 3.40. The predicted octanol–water partition coefficient (Wildman–Crippen LogP) is 1.66. The van der Waals surface area contributed by atoms with Gasteiger partial charge in [0.1, 0.15) is 0 Å². The van der Waals surface area contributed by atoms with Crippen LogP contribution in [0.5, 0.6) is 0 Å². The van der Waals surface area contributed by atoms with E-state index in [9.17, 15) is 5.11 Å². The Bertz CT molecular complexity index is 389. The van der Waals surface area contributed by atoms with E-state index in [4.69, 9.17) is 5.10 Å². The fraction of sp³-hybridized carbons (Fsp3) is 0.786. The van der Waals surface area contributed by atoms with Gasteiger partial charge in [-0.2, -0.15) is 5.10 Å². The molecule has 0 amide bonds. The van der Waals surface area contributed by atoms with Crippen LogP contribution in [-0.4, -0.2) is 33.6 Å². The number of nitrogens with one attached hydrogen (secondary N) is 1. The smallest absolute Gasteiger partial charge is 0.0644 e. The van der Waals surface area contributed by atoms with Gasteiger partial charge in [0.05, 0.1) is 18.3 Å². The van der Waals surface area contributed by atoms with Crippen LogP contribution in [0.1, 0.15) is 50.3 Å². The topological polar surface area (TPSA) is 50.1 Å². The standard InChI is InChI=1S/C14H23N3O/c18-11-14(7-3-8-15-14)10-12-6-9-17(16-12)13-4-1-2-5-13/h6,9,13,15,18H,1-5,7-8,10-11H2. The van der Waals surface area contributed by atoms with E-state index >= 15 is 0 Å². The van der Waals surface area contributed by atoms with E-state index in [-0.39, 0.29) is 12.1 Å². The summed E-state index contributed by atoms with van der Waals surface area (Å²) in [5, 5.41) is 17.8. The Morgan fingerprint density at radius 1 is 1.39 bits per heavy atom. The van der Waals surface area contributed by atoms with Crippen LogP contribution in [-0.2, 0) is 6.42 Å². The Hall–Kier alpha value is -0.870. The van der Waals surface area contributed by atoms with E-state index in [2.05, 4.69) is 22.3 Å². The maximum absolute atomic E-state index is 9.60. The van der Waals surface area contributed by atoms with Gasteiger partial charge in [-0.15, -0.1) is 0 Å². The molecule has 2 N–H and O–H groups in total. The first-order valence-corrected chi connectivity index (χ1v) is 7.21. The zero-order valence-electron chi connectivity index (χ0n) is 10.9. The van der Waals surface area contributed by atoms with Crippen molar-refractivity contribution in [1.82, 2.24) is 15.1 Å². The van der Waals surface area contributed by atoms with Crippen molar-refractivity contribution in [3.05, 3.63) is 18.0 Å². The lowest BCUT2D eigenvalue weighted by Crippen LogP contribution is -2.45. The first-order valence-electron chi connectivity index (χ1n) is 7.21. The van der Waals surface area contributed by atoms with Gasteiger partial charge < -0.3 is 10.4 Å². The lowest BCUT2D eigenvalue weighted by atomic mass is 9.93. The van der Waals surface area contributed by atoms with Crippen LogP contribution in [0.3, 0.4) is 0 Å². The maximum Gasteiger partial charge on any atom is 0.0644 e. The summed E-state index contributed by atoms with van der Waals surface area (Å²) in [6, 6.07) is 2.73. The average molecular weight is 249 g/mol. The summed E-state index contributed by atoms with van der Waals surface area (Å²) < 4.78 is 2.14.